The van der Waals surface area contributed by atoms with Crippen LogP contribution in [0, 0.1) is 0 Å². The number of aromatic hydroxyl groups is 1. The third kappa shape index (κ3) is 2.82. The summed E-state index contributed by atoms with van der Waals surface area (Å²) in [7, 11) is 0. The van der Waals surface area contributed by atoms with Crippen molar-refractivity contribution in [2.45, 2.75) is 18.9 Å². The van der Waals surface area contributed by atoms with Crippen LogP contribution in [0.4, 0.5) is 0 Å². The molecule has 1 aromatic carbocycles. The zero-order valence-corrected chi connectivity index (χ0v) is 9.67. The second-order valence-electron chi connectivity index (χ2n) is 4.36. The van der Waals surface area contributed by atoms with E-state index in [1.807, 2.05) is 12.1 Å². The van der Waals surface area contributed by atoms with Crippen LogP contribution in [0.1, 0.15) is 18.1 Å². The van der Waals surface area contributed by atoms with Crippen molar-refractivity contribution in [1.29, 1.82) is 0 Å². The van der Waals surface area contributed by atoms with Crippen LogP contribution < -0.4 is 0 Å². The zero-order valence-electron chi connectivity index (χ0n) is 9.67. The average molecular weight is 229 g/mol. The Morgan fingerprint density at radius 1 is 1.24 bits per heavy atom. The molecule has 2 rings (SSSR count). The van der Waals surface area contributed by atoms with Crippen molar-refractivity contribution < 1.29 is 10.2 Å². The Balaban J connectivity index is 2.25. The molecule has 1 aromatic heterocycles. The van der Waals surface area contributed by atoms with E-state index in [-0.39, 0.29) is 5.75 Å². The molecule has 3 heteroatoms. The summed E-state index contributed by atoms with van der Waals surface area (Å²) >= 11 is 0. The Hall–Kier alpha value is -1.87. The maximum Gasteiger partial charge on any atom is 0.115 e. The van der Waals surface area contributed by atoms with E-state index in [9.17, 15) is 10.2 Å². The fraction of sp³-hybridized carbons (Fsp3) is 0.214. The normalized spacial score (nSPS) is 14.2. The summed E-state index contributed by atoms with van der Waals surface area (Å²) in [6.07, 6.45) is 3.90. The maximum absolute atomic E-state index is 10.4. The number of hydrogen-bond acceptors (Lipinski definition) is 3. The Morgan fingerprint density at radius 2 is 2.06 bits per heavy atom. The molecule has 0 radical (unpaired) electrons. The van der Waals surface area contributed by atoms with E-state index in [0.717, 1.165) is 5.56 Å². The number of rotatable bonds is 3. The standard InChI is InChI=1S/C14H15NO2/c1-14(17,9-11-4-3-7-15-10-11)12-5-2-6-13(16)8-12/h2-8,10,16-17H,9H2,1H3. The maximum atomic E-state index is 10.4. The Labute approximate surface area is 100 Å². The molecule has 0 saturated heterocycles. The lowest BCUT2D eigenvalue weighted by Crippen LogP contribution is -2.24. The molecular weight excluding hydrogens is 214 g/mol. The van der Waals surface area contributed by atoms with Gasteiger partial charge >= 0.3 is 0 Å². The van der Waals surface area contributed by atoms with Crippen molar-refractivity contribution in [3.8, 4) is 5.75 Å². The van der Waals surface area contributed by atoms with Gasteiger partial charge in [0.25, 0.3) is 0 Å². The van der Waals surface area contributed by atoms with Gasteiger partial charge in [-0.05, 0) is 36.2 Å². The third-order valence-electron chi connectivity index (χ3n) is 2.74. The third-order valence-corrected chi connectivity index (χ3v) is 2.74. The highest BCUT2D eigenvalue weighted by atomic mass is 16.3. The van der Waals surface area contributed by atoms with E-state index in [2.05, 4.69) is 4.98 Å². The lowest BCUT2D eigenvalue weighted by Gasteiger charge is -2.24. The molecule has 1 unspecified atom stereocenters. The van der Waals surface area contributed by atoms with E-state index < -0.39 is 5.60 Å². The Morgan fingerprint density at radius 3 is 2.71 bits per heavy atom. The fourth-order valence-electron chi connectivity index (χ4n) is 1.84. The molecule has 0 bridgehead atoms. The fourth-order valence-corrected chi connectivity index (χ4v) is 1.84. The van der Waals surface area contributed by atoms with Crippen LogP contribution >= 0.6 is 0 Å². The smallest absolute Gasteiger partial charge is 0.115 e. The van der Waals surface area contributed by atoms with Gasteiger partial charge in [-0.15, -0.1) is 0 Å². The minimum absolute atomic E-state index is 0.161. The predicted molar refractivity (Wildman–Crippen MR) is 65.6 cm³/mol. The number of aliphatic hydroxyl groups is 1. The van der Waals surface area contributed by atoms with Crippen LogP contribution in [0.2, 0.25) is 0 Å². The van der Waals surface area contributed by atoms with Gasteiger partial charge in [-0.1, -0.05) is 18.2 Å². The summed E-state index contributed by atoms with van der Waals surface area (Å²) in [6.45, 7) is 1.73. The monoisotopic (exact) mass is 229 g/mol. The van der Waals surface area contributed by atoms with Crippen molar-refractivity contribution in [2.24, 2.45) is 0 Å². The first kappa shape index (κ1) is 11.6. The largest absolute Gasteiger partial charge is 0.508 e. The van der Waals surface area contributed by atoms with Gasteiger partial charge < -0.3 is 10.2 Å². The van der Waals surface area contributed by atoms with Crippen LogP contribution in [0.3, 0.4) is 0 Å². The van der Waals surface area contributed by atoms with Crippen LogP contribution in [0.15, 0.2) is 48.8 Å². The molecule has 17 heavy (non-hydrogen) atoms. The van der Waals surface area contributed by atoms with Gasteiger partial charge in [-0.2, -0.15) is 0 Å². The topological polar surface area (TPSA) is 53.4 Å². The van der Waals surface area contributed by atoms with Gasteiger partial charge in [-0.25, -0.2) is 0 Å². The summed E-state index contributed by atoms with van der Waals surface area (Å²) in [5.74, 6) is 0.161. The lowest BCUT2D eigenvalue weighted by molar-refractivity contribution is 0.0573. The lowest BCUT2D eigenvalue weighted by atomic mass is 9.89. The first-order chi connectivity index (χ1) is 8.08. The molecular formula is C14H15NO2. The van der Waals surface area contributed by atoms with Gasteiger partial charge in [0.1, 0.15) is 5.75 Å². The van der Waals surface area contributed by atoms with E-state index in [1.165, 1.54) is 0 Å². The molecule has 0 fully saturated rings. The minimum Gasteiger partial charge on any atom is -0.508 e. The van der Waals surface area contributed by atoms with Crippen molar-refractivity contribution in [2.75, 3.05) is 0 Å². The number of phenols is 1. The molecule has 0 aliphatic rings. The van der Waals surface area contributed by atoms with Gasteiger partial charge in [0.15, 0.2) is 0 Å². The summed E-state index contributed by atoms with van der Waals surface area (Å²) < 4.78 is 0. The SMILES string of the molecule is CC(O)(Cc1cccnc1)c1cccc(O)c1. The molecule has 0 aliphatic carbocycles. The Bertz CT molecular complexity index is 495. The second-order valence-corrected chi connectivity index (χ2v) is 4.36. The van der Waals surface area contributed by atoms with Gasteiger partial charge in [-0.3, -0.25) is 4.98 Å². The summed E-state index contributed by atoms with van der Waals surface area (Å²) in [6, 6.07) is 10.5. The molecule has 1 heterocycles. The highest BCUT2D eigenvalue weighted by Gasteiger charge is 2.23. The second kappa shape index (κ2) is 4.55. The average Bonchev–Trinajstić information content (AvgIpc) is 2.30. The van der Waals surface area contributed by atoms with Crippen LogP contribution in [-0.4, -0.2) is 15.2 Å². The number of phenolic OH excluding ortho intramolecular Hbond substituents is 1. The van der Waals surface area contributed by atoms with Crippen molar-refractivity contribution in [3.05, 3.63) is 59.9 Å². The summed E-state index contributed by atoms with van der Waals surface area (Å²) in [5.41, 5.74) is 0.643. The van der Waals surface area contributed by atoms with Crippen LogP contribution in [0.25, 0.3) is 0 Å². The predicted octanol–water partition coefficient (Wildman–Crippen LogP) is 2.24. The van der Waals surface area contributed by atoms with Crippen molar-refractivity contribution in [3.63, 3.8) is 0 Å². The molecule has 88 valence electrons. The zero-order chi connectivity index (χ0) is 12.3. The first-order valence-electron chi connectivity index (χ1n) is 5.49. The molecule has 2 N–H and O–H groups in total. The molecule has 0 amide bonds. The molecule has 2 aromatic rings. The number of benzene rings is 1. The molecule has 1 atom stereocenters. The molecule has 3 nitrogen and oxygen atoms in total. The number of hydrogen-bond donors (Lipinski definition) is 2. The molecule has 0 aliphatic heterocycles. The number of nitrogens with zero attached hydrogens (tertiary/aromatic N) is 1. The first-order valence-corrected chi connectivity index (χ1v) is 5.49. The summed E-state index contributed by atoms with van der Waals surface area (Å²) in [5, 5.41) is 19.8. The highest BCUT2D eigenvalue weighted by molar-refractivity contribution is 5.32. The Kier molecular flexibility index (Phi) is 3.11. The highest BCUT2D eigenvalue weighted by Crippen LogP contribution is 2.27. The summed E-state index contributed by atoms with van der Waals surface area (Å²) in [4.78, 5) is 4.02. The molecule has 0 spiro atoms. The van der Waals surface area contributed by atoms with E-state index in [4.69, 9.17) is 0 Å². The van der Waals surface area contributed by atoms with Crippen molar-refractivity contribution >= 4 is 0 Å². The number of pyridine rings is 1. The van der Waals surface area contributed by atoms with Gasteiger partial charge in [0.05, 0.1) is 5.60 Å². The van der Waals surface area contributed by atoms with Gasteiger partial charge in [0, 0.05) is 18.8 Å². The van der Waals surface area contributed by atoms with E-state index in [0.29, 0.717) is 12.0 Å². The van der Waals surface area contributed by atoms with E-state index >= 15 is 0 Å². The van der Waals surface area contributed by atoms with Crippen LogP contribution in [-0.2, 0) is 12.0 Å². The number of aromatic nitrogens is 1. The van der Waals surface area contributed by atoms with Crippen molar-refractivity contribution in [1.82, 2.24) is 4.98 Å². The quantitative estimate of drug-likeness (QED) is 0.848. The van der Waals surface area contributed by atoms with E-state index in [1.54, 1.807) is 43.6 Å². The molecule has 0 saturated carbocycles. The van der Waals surface area contributed by atoms with Gasteiger partial charge in [0.2, 0.25) is 0 Å². The van der Waals surface area contributed by atoms with Crippen LogP contribution in [0.5, 0.6) is 5.75 Å². The minimum atomic E-state index is -1.01.